The van der Waals surface area contributed by atoms with E-state index >= 15 is 0 Å². The molecule has 1 fully saturated rings. The van der Waals surface area contributed by atoms with Gasteiger partial charge >= 0.3 is 0 Å². The molecule has 2 aromatic heterocycles. The molecule has 0 radical (unpaired) electrons. The number of aromatic nitrogens is 3. The van der Waals surface area contributed by atoms with Crippen molar-refractivity contribution in [3.8, 4) is 0 Å². The Morgan fingerprint density at radius 3 is 3.10 bits per heavy atom. The quantitative estimate of drug-likeness (QED) is 0.858. The average Bonchev–Trinajstić information content (AvgIpc) is 3.09. The molecule has 1 saturated carbocycles. The van der Waals surface area contributed by atoms with Gasteiger partial charge < -0.3 is 15.0 Å². The van der Waals surface area contributed by atoms with Gasteiger partial charge in [0, 0.05) is 30.2 Å². The molecule has 2 unspecified atom stereocenters. The zero-order valence-electron chi connectivity index (χ0n) is 12.7. The minimum atomic E-state index is 0.513. The van der Waals surface area contributed by atoms with Crippen LogP contribution in [0.4, 0.5) is 11.6 Å². The second-order valence-electron chi connectivity index (χ2n) is 5.39. The summed E-state index contributed by atoms with van der Waals surface area (Å²) in [5.74, 6) is 2.99. The molecule has 0 saturated heterocycles. The third kappa shape index (κ3) is 3.26. The summed E-state index contributed by atoms with van der Waals surface area (Å²) in [5, 5.41) is 7.68. The molecule has 1 aliphatic carbocycles. The smallest absolute Gasteiger partial charge is 0.180 e. The third-order valence-electron chi connectivity index (χ3n) is 3.86. The summed E-state index contributed by atoms with van der Waals surface area (Å²) < 4.78 is 2.03. The van der Waals surface area contributed by atoms with Crippen LogP contribution in [0.1, 0.15) is 33.1 Å². The highest BCUT2D eigenvalue weighted by atomic mass is 32.2. The first-order valence-electron chi connectivity index (χ1n) is 7.75. The van der Waals surface area contributed by atoms with Crippen LogP contribution in [-0.4, -0.2) is 38.0 Å². The van der Waals surface area contributed by atoms with E-state index in [-0.39, 0.29) is 0 Å². The molecule has 2 heterocycles. The maximum Gasteiger partial charge on any atom is 0.180 e. The maximum absolute atomic E-state index is 4.69. The van der Waals surface area contributed by atoms with Crippen molar-refractivity contribution in [1.29, 1.82) is 0 Å². The van der Waals surface area contributed by atoms with Crippen molar-refractivity contribution in [2.24, 2.45) is 0 Å². The second-order valence-corrected chi connectivity index (χ2v) is 6.97. The van der Waals surface area contributed by atoms with Crippen LogP contribution >= 0.6 is 11.8 Å². The molecule has 0 bridgehead atoms. The zero-order chi connectivity index (χ0) is 14.7. The van der Waals surface area contributed by atoms with E-state index in [9.17, 15) is 0 Å². The summed E-state index contributed by atoms with van der Waals surface area (Å²) in [6.45, 7) is 5.18. The van der Waals surface area contributed by atoms with Gasteiger partial charge in [-0.25, -0.2) is 9.97 Å². The topological polar surface area (TPSA) is 54.2 Å². The largest absolute Gasteiger partial charge is 0.369 e. The lowest BCUT2D eigenvalue weighted by atomic mass is 10.2. The first-order chi connectivity index (χ1) is 10.3. The van der Waals surface area contributed by atoms with Crippen LogP contribution in [0, 0.1) is 0 Å². The van der Waals surface area contributed by atoms with Gasteiger partial charge in [-0.1, -0.05) is 6.92 Å². The van der Waals surface area contributed by atoms with Crippen LogP contribution in [0.25, 0.3) is 5.65 Å². The summed E-state index contributed by atoms with van der Waals surface area (Å²) in [6.07, 6.45) is 9.51. The van der Waals surface area contributed by atoms with Crippen molar-refractivity contribution < 1.29 is 0 Å². The van der Waals surface area contributed by atoms with Crippen LogP contribution < -0.4 is 10.6 Å². The Kier molecular flexibility index (Phi) is 4.53. The summed E-state index contributed by atoms with van der Waals surface area (Å²) in [6, 6.07) is 0.513. The highest BCUT2D eigenvalue weighted by Gasteiger charge is 2.25. The molecule has 2 N–H and O–H groups in total. The Balaban J connectivity index is 1.78. The third-order valence-corrected chi connectivity index (χ3v) is 5.09. The van der Waals surface area contributed by atoms with Crippen LogP contribution in [0.15, 0.2) is 18.6 Å². The Bertz CT molecular complexity index is 597. The van der Waals surface area contributed by atoms with Crippen LogP contribution in [0.3, 0.4) is 0 Å². The molecule has 5 nitrogen and oxygen atoms in total. The predicted molar refractivity (Wildman–Crippen MR) is 90.3 cm³/mol. The first-order valence-corrected chi connectivity index (χ1v) is 8.80. The fourth-order valence-electron chi connectivity index (χ4n) is 2.95. The van der Waals surface area contributed by atoms with Crippen molar-refractivity contribution in [3.63, 3.8) is 0 Å². The number of thioether (sulfide) groups is 1. The Hall–Kier alpha value is -1.43. The van der Waals surface area contributed by atoms with Crippen molar-refractivity contribution >= 4 is 29.0 Å². The standard InChI is InChI=1S/C15H23N5S/c1-3-16-13-10-20-8-7-17-15(20)14(19-13)18-11-5-6-12(9-11)21-4-2/h7-8,10-12,16H,3-6,9H2,1-2H3,(H,18,19). The number of anilines is 2. The fraction of sp³-hybridized carbons (Fsp3) is 0.600. The lowest BCUT2D eigenvalue weighted by Crippen LogP contribution is -2.18. The van der Waals surface area contributed by atoms with Gasteiger partial charge in [0.2, 0.25) is 0 Å². The first kappa shape index (κ1) is 14.5. The minimum Gasteiger partial charge on any atom is -0.369 e. The molecule has 2 atom stereocenters. The summed E-state index contributed by atoms with van der Waals surface area (Å²) in [4.78, 5) is 9.11. The van der Waals surface area contributed by atoms with E-state index in [0.29, 0.717) is 6.04 Å². The van der Waals surface area contributed by atoms with Gasteiger partial charge in [0.25, 0.3) is 0 Å². The molecule has 0 aliphatic heterocycles. The molecule has 2 aromatic rings. The average molecular weight is 305 g/mol. The highest BCUT2D eigenvalue weighted by molar-refractivity contribution is 7.99. The molecule has 1 aliphatic rings. The van der Waals surface area contributed by atoms with Crippen LogP contribution in [0.5, 0.6) is 0 Å². The number of rotatable bonds is 6. The van der Waals surface area contributed by atoms with Crippen LogP contribution in [0.2, 0.25) is 0 Å². The number of hydrogen-bond acceptors (Lipinski definition) is 5. The number of imidazole rings is 1. The van der Waals surface area contributed by atoms with E-state index in [2.05, 4.69) is 46.2 Å². The van der Waals surface area contributed by atoms with E-state index in [1.54, 1.807) is 0 Å². The predicted octanol–water partition coefficient (Wildman–Crippen LogP) is 3.25. The number of fused-ring (bicyclic) bond motifs is 1. The lowest BCUT2D eigenvalue weighted by molar-refractivity contribution is 0.752. The fourth-order valence-corrected chi connectivity index (χ4v) is 4.09. The molecule has 0 aromatic carbocycles. The van der Waals surface area contributed by atoms with Crippen molar-refractivity contribution in [2.75, 3.05) is 22.9 Å². The van der Waals surface area contributed by atoms with E-state index in [1.807, 2.05) is 23.0 Å². The molecule has 0 amide bonds. The summed E-state index contributed by atoms with van der Waals surface area (Å²) in [5.41, 5.74) is 0.906. The van der Waals surface area contributed by atoms with E-state index in [1.165, 1.54) is 25.0 Å². The molecular weight excluding hydrogens is 282 g/mol. The van der Waals surface area contributed by atoms with Crippen molar-refractivity contribution in [1.82, 2.24) is 14.4 Å². The Labute approximate surface area is 129 Å². The van der Waals surface area contributed by atoms with Crippen molar-refractivity contribution in [3.05, 3.63) is 18.6 Å². The highest BCUT2D eigenvalue weighted by Crippen LogP contribution is 2.32. The molecular formula is C15H23N5S. The van der Waals surface area contributed by atoms with Gasteiger partial charge in [-0.3, -0.25) is 0 Å². The normalized spacial score (nSPS) is 21.8. The summed E-state index contributed by atoms with van der Waals surface area (Å²) >= 11 is 2.08. The monoisotopic (exact) mass is 305 g/mol. The van der Waals surface area contributed by atoms with Gasteiger partial charge in [0.1, 0.15) is 5.82 Å². The van der Waals surface area contributed by atoms with E-state index in [0.717, 1.165) is 29.1 Å². The molecule has 21 heavy (non-hydrogen) atoms. The Morgan fingerprint density at radius 1 is 1.38 bits per heavy atom. The SMILES string of the molecule is CCNc1cn2ccnc2c(NC2CCC(SCC)C2)n1. The molecule has 0 spiro atoms. The Morgan fingerprint density at radius 2 is 2.29 bits per heavy atom. The van der Waals surface area contributed by atoms with Gasteiger partial charge in [-0.2, -0.15) is 11.8 Å². The maximum atomic E-state index is 4.69. The molecule has 6 heteroatoms. The second kappa shape index (κ2) is 6.56. The van der Waals surface area contributed by atoms with Gasteiger partial charge in [-0.05, 0) is 31.9 Å². The number of nitrogens with one attached hydrogen (secondary N) is 2. The van der Waals surface area contributed by atoms with Crippen LogP contribution in [-0.2, 0) is 0 Å². The zero-order valence-corrected chi connectivity index (χ0v) is 13.5. The van der Waals surface area contributed by atoms with Gasteiger partial charge in [-0.15, -0.1) is 0 Å². The van der Waals surface area contributed by atoms with Gasteiger partial charge in [0.15, 0.2) is 11.5 Å². The molecule has 114 valence electrons. The van der Waals surface area contributed by atoms with Crippen molar-refractivity contribution in [2.45, 2.75) is 44.4 Å². The van der Waals surface area contributed by atoms with E-state index < -0.39 is 0 Å². The van der Waals surface area contributed by atoms with E-state index in [4.69, 9.17) is 0 Å². The number of nitrogens with zero attached hydrogens (tertiary/aromatic N) is 3. The number of hydrogen-bond donors (Lipinski definition) is 2. The summed E-state index contributed by atoms with van der Waals surface area (Å²) in [7, 11) is 0. The lowest BCUT2D eigenvalue weighted by Gasteiger charge is -2.15. The minimum absolute atomic E-state index is 0.513. The van der Waals surface area contributed by atoms with Gasteiger partial charge in [0.05, 0.1) is 6.20 Å². The molecule has 3 rings (SSSR count).